The Hall–Kier alpha value is -3.40. The predicted octanol–water partition coefficient (Wildman–Crippen LogP) is 2.44. The molecule has 4 heterocycles. The van der Waals surface area contributed by atoms with E-state index in [1.807, 2.05) is 11.8 Å². The van der Waals surface area contributed by atoms with Crippen molar-refractivity contribution in [1.82, 2.24) is 14.9 Å². The van der Waals surface area contributed by atoms with Crippen molar-refractivity contribution >= 4 is 22.8 Å². The number of carbonyl (C=O) groups is 1. The SMILES string of the molecule is CC1NC2CC1N(c1nc3c(cc1F)c(=O)c(C(=O)O)cn3-c1ccc(F)cc1F)C2. The Kier molecular flexibility index (Phi) is 4.30. The van der Waals surface area contributed by atoms with Gasteiger partial charge in [0.15, 0.2) is 17.3 Å². The highest BCUT2D eigenvalue weighted by Gasteiger charge is 2.44. The van der Waals surface area contributed by atoms with Crippen molar-refractivity contribution in [3.05, 3.63) is 63.7 Å². The fraction of sp³-hybridized carbons (Fsp3) is 0.286. The molecule has 2 aromatic heterocycles. The normalized spacial score (nSPS) is 22.5. The third-order valence-electron chi connectivity index (χ3n) is 6.00. The Morgan fingerprint density at radius 2 is 2.00 bits per heavy atom. The van der Waals surface area contributed by atoms with E-state index in [0.717, 1.165) is 35.4 Å². The van der Waals surface area contributed by atoms with Crippen LogP contribution in [-0.4, -0.2) is 45.3 Å². The fourth-order valence-electron chi connectivity index (χ4n) is 4.62. The number of fused-ring (bicyclic) bond motifs is 3. The second kappa shape index (κ2) is 6.81. The molecule has 0 amide bonds. The molecule has 1 aromatic carbocycles. The van der Waals surface area contributed by atoms with Crippen LogP contribution in [0.1, 0.15) is 23.7 Å². The molecule has 0 radical (unpaired) electrons. The molecule has 2 saturated heterocycles. The topological polar surface area (TPSA) is 87.5 Å². The van der Waals surface area contributed by atoms with Gasteiger partial charge >= 0.3 is 5.97 Å². The molecular formula is C21H17F3N4O3. The zero-order chi connectivity index (χ0) is 22.0. The number of anilines is 1. The molecule has 0 aliphatic carbocycles. The first-order valence-corrected chi connectivity index (χ1v) is 9.72. The minimum atomic E-state index is -1.55. The first-order chi connectivity index (χ1) is 14.7. The Labute approximate surface area is 173 Å². The average molecular weight is 430 g/mol. The third-order valence-corrected chi connectivity index (χ3v) is 6.00. The van der Waals surface area contributed by atoms with E-state index in [2.05, 4.69) is 10.3 Å². The van der Waals surface area contributed by atoms with E-state index in [1.165, 1.54) is 0 Å². The summed E-state index contributed by atoms with van der Waals surface area (Å²) in [5.41, 5.74) is -1.93. The number of pyridine rings is 2. The van der Waals surface area contributed by atoms with E-state index in [-0.39, 0.29) is 40.7 Å². The van der Waals surface area contributed by atoms with Crippen LogP contribution < -0.4 is 15.6 Å². The molecule has 3 atom stereocenters. The summed E-state index contributed by atoms with van der Waals surface area (Å²) in [6.45, 7) is 2.51. The quantitative estimate of drug-likeness (QED) is 0.664. The number of halogens is 3. The number of piperazine rings is 1. The van der Waals surface area contributed by atoms with Gasteiger partial charge in [-0.05, 0) is 31.5 Å². The van der Waals surface area contributed by atoms with Crippen molar-refractivity contribution in [3.63, 3.8) is 0 Å². The lowest BCUT2D eigenvalue weighted by molar-refractivity contribution is 0.0695. The van der Waals surface area contributed by atoms with Gasteiger partial charge in [0.25, 0.3) is 0 Å². The number of benzene rings is 1. The summed E-state index contributed by atoms with van der Waals surface area (Å²) in [7, 11) is 0. The van der Waals surface area contributed by atoms with Gasteiger partial charge in [-0.1, -0.05) is 0 Å². The number of aromatic nitrogens is 2. The molecule has 2 N–H and O–H groups in total. The van der Waals surface area contributed by atoms with Gasteiger partial charge in [0.1, 0.15) is 17.2 Å². The molecule has 160 valence electrons. The summed E-state index contributed by atoms with van der Waals surface area (Å²) in [6, 6.07) is 3.98. The molecular weight excluding hydrogens is 413 g/mol. The number of hydrogen-bond acceptors (Lipinski definition) is 5. The Bertz CT molecular complexity index is 1310. The van der Waals surface area contributed by atoms with E-state index in [4.69, 9.17) is 0 Å². The van der Waals surface area contributed by atoms with E-state index in [9.17, 15) is 23.5 Å². The second-order valence-electron chi connectivity index (χ2n) is 7.92. The van der Waals surface area contributed by atoms with Crippen LogP contribution in [0.4, 0.5) is 19.0 Å². The molecule has 3 aromatic rings. The van der Waals surface area contributed by atoms with Crippen LogP contribution in [0.2, 0.25) is 0 Å². The number of carboxylic acids is 1. The Morgan fingerprint density at radius 1 is 1.23 bits per heavy atom. The van der Waals surface area contributed by atoms with Crippen molar-refractivity contribution < 1.29 is 23.1 Å². The number of nitrogens with zero attached hydrogens (tertiary/aromatic N) is 3. The zero-order valence-electron chi connectivity index (χ0n) is 16.3. The lowest BCUT2D eigenvalue weighted by atomic mass is 10.1. The van der Waals surface area contributed by atoms with Gasteiger partial charge in [-0.3, -0.25) is 9.36 Å². The van der Waals surface area contributed by atoms with E-state index >= 15 is 4.39 Å². The monoisotopic (exact) mass is 430 g/mol. The summed E-state index contributed by atoms with van der Waals surface area (Å²) >= 11 is 0. The van der Waals surface area contributed by atoms with Crippen LogP contribution in [0.5, 0.6) is 0 Å². The standard InChI is InChI=1S/C21H17F3N4O3/c1-9-17-5-11(25-9)7-27(17)20-15(24)6-12-18(29)13(21(30)31)8-28(19(12)26-20)16-3-2-10(22)4-14(16)23/h2-4,6,8-9,11,17,25H,5,7H2,1H3,(H,30,31). The summed E-state index contributed by atoms with van der Waals surface area (Å²) in [5.74, 6) is -4.11. The Balaban J connectivity index is 1.79. The third kappa shape index (κ3) is 2.97. The molecule has 7 nitrogen and oxygen atoms in total. The first kappa shape index (κ1) is 19.6. The zero-order valence-corrected chi connectivity index (χ0v) is 16.3. The van der Waals surface area contributed by atoms with Crippen molar-refractivity contribution in [2.45, 2.75) is 31.5 Å². The van der Waals surface area contributed by atoms with Crippen LogP contribution in [0.15, 0.2) is 35.3 Å². The number of carboxylic acid groups (broad SMARTS) is 1. The van der Waals surface area contributed by atoms with Gasteiger partial charge < -0.3 is 15.3 Å². The van der Waals surface area contributed by atoms with Gasteiger partial charge in [-0.2, -0.15) is 0 Å². The maximum absolute atomic E-state index is 15.1. The highest BCUT2D eigenvalue weighted by atomic mass is 19.1. The van der Waals surface area contributed by atoms with Crippen molar-refractivity contribution in [2.24, 2.45) is 0 Å². The van der Waals surface area contributed by atoms with Crippen LogP contribution >= 0.6 is 0 Å². The summed E-state index contributed by atoms with van der Waals surface area (Å²) in [4.78, 5) is 30.4. The molecule has 0 spiro atoms. The molecule has 0 saturated carbocycles. The van der Waals surface area contributed by atoms with Gasteiger partial charge in [-0.25, -0.2) is 22.9 Å². The lowest BCUT2D eigenvalue weighted by Crippen LogP contribution is -2.50. The summed E-state index contributed by atoms with van der Waals surface area (Å²) < 4.78 is 44.1. The van der Waals surface area contributed by atoms with E-state index < -0.39 is 34.4 Å². The summed E-state index contributed by atoms with van der Waals surface area (Å²) in [5, 5.41) is 12.5. The predicted molar refractivity (Wildman–Crippen MR) is 106 cm³/mol. The minimum Gasteiger partial charge on any atom is -0.477 e. The minimum absolute atomic E-state index is 0.00507. The van der Waals surface area contributed by atoms with Gasteiger partial charge in [0, 0.05) is 36.9 Å². The maximum Gasteiger partial charge on any atom is 0.341 e. The van der Waals surface area contributed by atoms with E-state index in [0.29, 0.717) is 12.6 Å². The fourth-order valence-corrected chi connectivity index (χ4v) is 4.62. The van der Waals surface area contributed by atoms with Crippen LogP contribution in [-0.2, 0) is 0 Å². The second-order valence-corrected chi connectivity index (χ2v) is 7.92. The Morgan fingerprint density at radius 3 is 2.65 bits per heavy atom. The molecule has 2 aliphatic heterocycles. The van der Waals surface area contributed by atoms with Crippen molar-refractivity contribution in [1.29, 1.82) is 0 Å². The lowest BCUT2D eigenvalue weighted by Gasteiger charge is -2.33. The molecule has 5 rings (SSSR count). The average Bonchev–Trinajstić information content (AvgIpc) is 3.28. The molecule has 2 bridgehead atoms. The van der Waals surface area contributed by atoms with Crippen molar-refractivity contribution in [3.8, 4) is 5.69 Å². The largest absolute Gasteiger partial charge is 0.477 e. The van der Waals surface area contributed by atoms with Crippen LogP contribution in [0, 0.1) is 17.5 Å². The number of nitrogens with one attached hydrogen (secondary N) is 1. The molecule has 2 aliphatic rings. The molecule has 10 heteroatoms. The van der Waals surface area contributed by atoms with Gasteiger partial charge in [-0.15, -0.1) is 0 Å². The highest BCUT2D eigenvalue weighted by molar-refractivity contribution is 5.92. The highest BCUT2D eigenvalue weighted by Crippen LogP contribution is 2.34. The number of hydrogen-bond donors (Lipinski definition) is 2. The first-order valence-electron chi connectivity index (χ1n) is 9.72. The van der Waals surface area contributed by atoms with Gasteiger partial charge in [0.2, 0.25) is 5.43 Å². The molecule has 31 heavy (non-hydrogen) atoms. The number of aromatic carboxylic acids is 1. The molecule has 2 fully saturated rings. The van der Waals surface area contributed by atoms with E-state index in [1.54, 1.807) is 0 Å². The molecule has 3 unspecified atom stereocenters. The van der Waals surface area contributed by atoms with Gasteiger partial charge in [0.05, 0.1) is 11.1 Å². The smallest absolute Gasteiger partial charge is 0.341 e. The summed E-state index contributed by atoms with van der Waals surface area (Å²) in [6.07, 6.45) is 1.75. The van der Waals surface area contributed by atoms with Crippen LogP contribution in [0.25, 0.3) is 16.7 Å². The number of rotatable bonds is 3. The van der Waals surface area contributed by atoms with Crippen molar-refractivity contribution in [2.75, 3.05) is 11.4 Å². The van der Waals surface area contributed by atoms with Crippen LogP contribution in [0.3, 0.4) is 0 Å². The maximum atomic E-state index is 15.1.